The highest BCUT2D eigenvalue weighted by Gasteiger charge is 2.48. The standard InChI is InChI=1S/C22H23FN6O4/c23-14-2-1-3-15-17(14)28(11-10-27-8-4-13(30)5-9-27)20(31)18-16(24-12-29(15)18)19-25-21(33-26-19)22(32)6-7-22/h1-3,12-13,30,32H,4-11H2. The number of imidazole rings is 1. The maximum Gasteiger partial charge on any atom is 0.277 e. The number of halogens is 1. The predicted octanol–water partition coefficient (Wildman–Crippen LogP) is 1.28. The van der Waals surface area contributed by atoms with Crippen molar-refractivity contribution in [2.24, 2.45) is 0 Å². The summed E-state index contributed by atoms with van der Waals surface area (Å²) in [6, 6.07) is 4.66. The van der Waals surface area contributed by atoms with Gasteiger partial charge in [-0.3, -0.25) is 9.20 Å². The number of aliphatic hydroxyl groups excluding tert-OH is 1. The van der Waals surface area contributed by atoms with Gasteiger partial charge in [-0.25, -0.2) is 9.37 Å². The van der Waals surface area contributed by atoms with Crippen molar-refractivity contribution < 1.29 is 19.1 Å². The van der Waals surface area contributed by atoms with E-state index in [1.807, 2.05) is 0 Å². The van der Waals surface area contributed by atoms with Gasteiger partial charge >= 0.3 is 0 Å². The van der Waals surface area contributed by atoms with Crippen LogP contribution < -0.4 is 5.56 Å². The van der Waals surface area contributed by atoms with E-state index in [1.54, 1.807) is 16.5 Å². The average molecular weight is 454 g/mol. The molecule has 4 heterocycles. The van der Waals surface area contributed by atoms with Crippen molar-refractivity contribution in [1.82, 2.24) is 29.0 Å². The summed E-state index contributed by atoms with van der Waals surface area (Å²) < 4.78 is 23.1. The number of likely N-dealkylation sites (tertiary alicyclic amines) is 1. The van der Waals surface area contributed by atoms with E-state index in [0.717, 1.165) is 13.1 Å². The maximum atomic E-state index is 14.9. The highest BCUT2D eigenvalue weighted by atomic mass is 19.1. The SMILES string of the molecule is O=c1c2c(-c3noc(C4(O)CC4)n3)ncn2c2cccc(F)c2n1CCN1CCC(O)CC1. The molecule has 33 heavy (non-hydrogen) atoms. The number of hydrogen-bond acceptors (Lipinski definition) is 8. The molecule has 0 atom stereocenters. The molecule has 2 N–H and O–H groups in total. The van der Waals surface area contributed by atoms with Crippen LogP contribution >= 0.6 is 0 Å². The molecule has 1 saturated carbocycles. The largest absolute Gasteiger partial charge is 0.393 e. The van der Waals surface area contributed by atoms with Crippen molar-refractivity contribution in [3.8, 4) is 11.5 Å². The van der Waals surface area contributed by atoms with Crippen LogP contribution in [0, 0.1) is 5.82 Å². The van der Waals surface area contributed by atoms with Gasteiger partial charge in [-0.15, -0.1) is 0 Å². The summed E-state index contributed by atoms with van der Waals surface area (Å²) in [6.07, 6.45) is 3.61. The summed E-state index contributed by atoms with van der Waals surface area (Å²) in [4.78, 5) is 24.4. The molecule has 1 aromatic carbocycles. The second kappa shape index (κ2) is 7.44. The Morgan fingerprint density at radius 3 is 2.73 bits per heavy atom. The number of hydrogen-bond donors (Lipinski definition) is 2. The lowest BCUT2D eigenvalue weighted by Gasteiger charge is -2.29. The van der Waals surface area contributed by atoms with E-state index in [1.165, 1.54) is 17.0 Å². The molecule has 2 fully saturated rings. The zero-order chi connectivity index (χ0) is 22.7. The van der Waals surface area contributed by atoms with Crippen molar-refractivity contribution in [3.05, 3.63) is 46.6 Å². The highest BCUT2D eigenvalue weighted by molar-refractivity contribution is 5.84. The fraction of sp³-hybridized carbons (Fsp3) is 0.455. The lowest BCUT2D eigenvalue weighted by Crippen LogP contribution is -2.39. The molecule has 3 aromatic heterocycles. The number of aliphatic hydroxyl groups is 2. The quantitative estimate of drug-likeness (QED) is 0.463. The van der Waals surface area contributed by atoms with E-state index in [-0.39, 0.29) is 41.1 Å². The van der Waals surface area contributed by atoms with E-state index in [4.69, 9.17) is 4.52 Å². The first-order valence-electron chi connectivity index (χ1n) is 11.1. The van der Waals surface area contributed by atoms with Gasteiger partial charge in [0.25, 0.3) is 11.4 Å². The molecule has 1 saturated heterocycles. The van der Waals surface area contributed by atoms with Crippen LogP contribution in [0.25, 0.3) is 28.1 Å². The maximum absolute atomic E-state index is 14.9. The Kier molecular flexibility index (Phi) is 4.61. The van der Waals surface area contributed by atoms with Gasteiger partial charge in [-0.2, -0.15) is 4.98 Å². The molecule has 1 aliphatic heterocycles. The first kappa shape index (κ1) is 20.5. The van der Waals surface area contributed by atoms with E-state index in [0.29, 0.717) is 37.7 Å². The van der Waals surface area contributed by atoms with Crippen LogP contribution in [0.15, 0.2) is 33.8 Å². The van der Waals surface area contributed by atoms with E-state index >= 15 is 0 Å². The molecule has 10 nitrogen and oxygen atoms in total. The molecule has 0 radical (unpaired) electrons. The van der Waals surface area contributed by atoms with E-state index in [2.05, 4.69) is 20.0 Å². The number of piperidine rings is 1. The third-order valence-electron chi connectivity index (χ3n) is 6.67. The average Bonchev–Trinajstić information content (AvgIpc) is 3.21. The van der Waals surface area contributed by atoms with Gasteiger partial charge < -0.3 is 24.2 Å². The van der Waals surface area contributed by atoms with Crippen molar-refractivity contribution in [3.63, 3.8) is 0 Å². The van der Waals surface area contributed by atoms with Crippen LogP contribution in [0.4, 0.5) is 4.39 Å². The Balaban J connectivity index is 1.47. The molecular weight excluding hydrogens is 431 g/mol. The second-order valence-corrected chi connectivity index (χ2v) is 8.90. The fourth-order valence-corrected chi connectivity index (χ4v) is 4.53. The Bertz CT molecular complexity index is 1410. The minimum absolute atomic E-state index is 0.109. The van der Waals surface area contributed by atoms with Crippen molar-refractivity contribution >= 4 is 16.6 Å². The Hall–Kier alpha value is -3.15. The van der Waals surface area contributed by atoms with Gasteiger partial charge in [-0.1, -0.05) is 11.2 Å². The molecule has 0 bridgehead atoms. The zero-order valence-corrected chi connectivity index (χ0v) is 17.8. The first-order chi connectivity index (χ1) is 15.9. The minimum atomic E-state index is -1.10. The topological polar surface area (TPSA) is 122 Å². The Labute approximate surface area is 186 Å². The molecule has 0 amide bonds. The lowest BCUT2D eigenvalue weighted by atomic mass is 10.1. The third-order valence-corrected chi connectivity index (χ3v) is 6.67. The first-order valence-corrected chi connectivity index (χ1v) is 11.1. The third kappa shape index (κ3) is 3.35. The van der Waals surface area contributed by atoms with Gasteiger partial charge in [0, 0.05) is 26.2 Å². The zero-order valence-electron chi connectivity index (χ0n) is 17.8. The normalized spacial score (nSPS) is 19.0. The molecule has 11 heteroatoms. The van der Waals surface area contributed by atoms with Crippen molar-refractivity contribution in [2.45, 2.75) is 43.9 Å². The minimum Gasteiger partial charge on any atom is -0.393 e. The van der Waals surface area contributed by atoms with Crippen LogP contribution in [-0.2, 0) is 12.1 Å². The number of aromatic nitrogens is 5. The lowest BCUT2D eigenvalue weighted by molar-refractivity contribution is 0.0810. The molecule has 4 aromatic rings. The Morgan fingerprint density at radius 2 is 1.97 bits per heavy atom. The van der Waals surface area contributed by atoms with Crippen LogP contribution in [0.5, 0.6) is 0 Å². The van der Waals surface area contributed by atoms with E-state index in [9.17, 15) is 19.4 Å². The predicted molar refractivity (Wildman–Crippen MR) is 115 cm³/mol. The second-order valence-electron chi connectivity index (χ2n) is 8.90. The molecular formula is C22H23FN6O4. The van der Waals surface area contributed by atoms with Gasteiger partial charge in [0.15, 0.2) is 0 Å². The van der Waals surface area contributed by atoms with Gasteiger partial charge in [-0.05, 0) is 37.8 Å². The van der Waals surface area contributed by atoms with Crippen molar-refractivity contribution in [2.75, 3.05) is 19.6 Å². The summed E-state index contributed by atoms with van der Waals surface area (Å²) in [7, 11) is 0. The van der Waals surface area contributed by atoms with Crippen LogP contribution in [0.3, 0.4) is 0 Å². The van der Waals surface area contributed by atoms with Crippen molar-refractivity contribution in [1.29, 1.82) is 0 Å². The van der Waals surface area contributed by atoms with Crippen LogP contribution in [0.2, 0.25) is 0 Å². The molecule has 0 spiro atoms. The monoisotopic (exact) mass is 454 g/mol. The molecule has 0 unspecified atom stereocenters. The Morgan fingerprint density at radius 1 is 1.18 bits per heavy atom. The number of fused-ring (bicyclic) bond motifs is 3. The molecule has 2 aliphatic rings. The summed E-state index contributed by atoms with van der Waals surface area (Å²) in [5.74, 6) is -0.274. The number of para-hydroxylation sites is 1. The molecule has 172 valence electrons. The summed E-state index contributed by atoms with van der Waals surface area (Å²) in [5.41, 5.74) is -0.357. The van der Waals surface area contributed by atoms with Crippen LogP contribution in [-0.4, -0.2) is 64.9 Å². The smallest absolute Gasteiger partial charge is 0.277 e. The number of rotatable bonds is 5. The van der Waals surface area contributed by atoms with Gasteiger partial charge in [0.1, 0.15) is 34.5 Å². The molecule has 6 rings (SSSR count). The van der Waals surface area contributed by atoms with E-state index < -0.39 is 17.0 Å². The van der Waals surface area contributed by atoms with Crippen LogP contribution in [0.1, 0.15) is 31.6 Å². The highest BCUT2D eigenvalue weighted by Crippen LogP contribution is 2.44. The summed E-state index contributed by atoms with van der Waals surface area (Å²) in [5, 5.41) is 23.9. The number of nitrogens with zero attached hydrogens (tertiary/aromatic N) is 6. The van der Waals surface area contributed by atoms with Gasteiger partial charge in [0.2, 0.25) is 5.82 Å². The summed E-state index contributed by atoms with van der Waals surface area (Å²) >= 11 is 0. The summed E-state index contributed by atoms with van der Waals surface area (Å²) in [6.45, 7) is 2.29. The molecule has 1 aliphatic carbocycles. The van der Waals surface area contributed by atoms with Gasteiger partial charge in [0.05, 0.1) is 11.6 Å². The number of benzene rings is 1. The fourth-order valence-electron chi connectivity index (χ4n) is 4.53.